The van der Waals surface area contributed by atoms with Crippen molar-refractivity contribution < 1.29 is 19.4 Å². The molecule has 0 spiro atoms. The zero-order valence-corrected chi connectivity index (χ0v) is 11.3. The number of nitrogens with one attached hydrogen (secondary N) is 1. The van der Waals surface area contributed by atoms with E-state index in [1.807, 2.05) is 0 Å². The largest absolute Gasteiger partial charge is 0.481 e. The predicted molar refractivity (Wildman–Crippen MR) is 74.0 cm³/mol. The molecule has 1 saturated heterocycles. The molecule has 21 heavy (non-hydrogen) atoms. The molecular weight excluding hydrogens is 274 g/mol. The van der Waals surface area contributed by atoms with Gasteiger partial charge in [-0.1, -0.05) is 0 Å². The van der Waals surface area contributed by atoms with Gasteiger partial charge in [-0.25, -0.2) is 0 Å². The Morgan fingerprint density at radius 3 is 3.14 bits per heavy atom. The number of carboxylic acids is 1. The second kappa shape index (κ2) is 5.53. The summed E-state index contributed by atoms with van der Waals surface area (Å²) in [5.74, 6) is -1.11. The Balaban J connectivity index is 1.85. The number of rotatable bonds is 3. The highest BCUT2D eigenvalue weighted by atomic mass is 16.5. The van der Waals surface area contributed by atoms with Crippen molar-refractivity contribution in [2.75, 3.05) is 19.8 Å². The van der Waals surface area contributed by atoms with Gasteiger partial charge < -0.3 is 14.7 Å². The van der Waals surface area contributed by atoms with Crippen LogP contribution in [0.5, 0.6) is 0 Å². The van der Waals surface area contributed by atoms with Crippen molar-refractivity contribution in [2.24, 2.45) is 0 Å². The summed E-state index contributed by atoms with van der Waals surface area (Å²) in [5.41, 5.74) is 1.39. The SMILES string of the molecule is O=C(O)CC1COCCN1C(=O)c1ccc2[nH]ncc2c1. The summed E-state index contributed by atoms with van der Waals surface area (Å²) < 4.78 is 5.28. The van der Waals surface area contributed by atoms with Crippen LogP contribution in [0.15, 0.2) is 24.4 Å². The second-order valence-corrected chi connectivity index (χ2v) is 5.00. The third-order valence-electron chi connectivity index (χ3n) is 3.59. The fourth-order valence-electron chi connectivity index (χ4n) is 2.53. The summed E-state index contributed by atoms with van der Waals surface area (Å²) in [5, 5.41) is 16.5. The summed E-state index contributed by atoms with van der Waals surface area (Å²) in [7, 11) is 0. The predicted octanol–water partition coefficient (Wildman–Crippen LogP) is 0.879. The highest BCUT2D eigenvalue weighted by Gasteiger charge is 2.29. The smallest absolute Gasteiger partial charge is 0.305 e. The molecule has 7 nitrogen and oxygen atoms in total. The van der Waals surface area contributed by atoms with E-state index in [9.17, 15) is 9.59 Å². The van der Waals surface area contributed by atoms with Gasteiger partial charge in [0.15, 0.2) is 0 Å². The molecule has 1 unspecified atom stereocenters. The molecule has 1 fully saturated rings. The molecule has 1 atom stereocenters. The molecular formula is C14H15N3O4. The summed E-state index contributed by atoms with van der Waals surface area (Å²) >= 11 is 0. The van der Waals surface area contributed by atoms with Crippen molar-refractivity contribution in [1.29, 1.82) is 0 Å². The molecule has 1 aliphatic rings. The van der Waals surface area contributed by atoms with E-state index in [-0.39, 0.29) is 18.9 Å². The zero-order valence-electron chi connectivity index (χ0n) is 11.3. The normalized spacial score (nSPS) is 18.9. The molecule has 1 aliphatic heterocycles. The Kier molecular flexibility index (Phi) is 3.57. The number of fused-ring (bicyclic) bond motifs is 1. The number of benzene rings is 1. The van der Waals surface area contributed by atoms with Crippen molar-refractivity contribution in [3.05, 3.63) is 30.0 Å². The number of nitrogens with zero attached hydrogens (tertiary/aromatic N) is 2. The van der Waals surface area contributed by atoms with E-state index in [1.165, 1.54) is 0 Å². The highest BCUT2D eigenvalue weighted by molar-refractivity contribution is 5.98. The van der Waals surface area contributed by atoms with E-state index in [1.54, 1.807) is 29.3 Å². The lowest BCUT2D eigenvalue weighted by atomic mass is 10.1. The number of carboxylic acid groups (broad SMARTS) is 1. The Hall–Kier alpha value is -2.41. The maximum atomic E-state index is 12.6. The number of carbonyl (C=O) groups excluding carboxylic acids is 1. The number of ether oxygens (including phenoxy) is 1. The molecule has 0 radical (unpaired) electrons. The Labute approximate surface area is 120 Å². The average Bonchev–Trinajstić information content (AvgIpc) is 2.94. The van der Waals surface area contributed by atoms with Gasteiger partial charge >= 0.3 is 5.97 Å². The van der Waals surface area contributed by atoms with Crippen LogP contribution >= 0.6 is 0 Å². The van der Waals surface area contributed by atoms with Gasteiger partial charge in [-0.05, 0) is 18.2 Å². The molecule has 1 aromatic carbocycles. The van der Waals surface area contributed by atoms with Crippen LogP contribution in [0.4, 0.5) is 0 Å². The summed E-state index contributed by atoms with van der Waals surface area (Å²) in [6, 6.07) is 4.84. The monoisotopic (exact) mass is 289 g/mol. The molecule has 0 bridgehead atoms. The first-order valence-corrected chi connectivity index (χ1v) is 6.69. The number of aromatic amines is 1. The van der Waals surface area contributed by atoms with Gasteiger partial charge in [-0.15, -0.1) is 0 Å². The molecule has 2 heterocycles. The van der Waals surface area contributed by atoms with Gasteiger partial charge in [0.2, 0.25) is 0 Å². The Morgan fingerprint density at radius 1 is 1.48 bits per heavy atom. The van der Waals surface area contributed by atoms with Gasteiger partial charge in [0, 0.05) is 17.5 Å². The molecule has 2 aromatic rings. The summed E-state index contributed by atoms with van der Waals surface area (Å²) in [6.07, 6.45) is 1.54. The minimum Gasteiger partial charge on any atom is -0.481 e. The first-order valence-electron chi connectivity index (χ1n) is 6.69. The lowest BCUT2D eigenvalue weighted by Gasteiger charge is -2.34. The Bertz CT molecular complexity index is 682. The van der Waals surface area contributed by atoms with Crippen molar-refractivity contribution in [2.45, 2.75) is 12.5 Å². The van der Waals surface area contributed by atoms with Gasteiger partial charge in [0.05, 0.1) is 37.4 Å². The third kappa shape index (κ3) is 2.73. The van der Waals surface area contributed by atoms with E-state index >= 15 is 0 Å². The molecule has 0 aliphatic carbocycles. The maximum Gasteiger partial charge on any atom is 0.305 e. The topological polar surface area (TPSA) is 95.5 Å². The number of hydrogen-bond acceptors (Lipinski definition) is 4. The van der Waals surface area contributed by atoms with Crippen LogP contribution in [0.25, 0.3) is 10.9 Å². The summed E-state index contributed by atoms with van der Waals surface area (Å²) in [6.45, 7) is 1.09. The summed E-state index contributed by atoms with van der Waals surface area (Å²) in [4.78, 5) is 25.1. The van der Waals surface area contributed by atoms with E-state index in [0.29, 0.717) is 18.7 Å². The van der Waals surface area contributed by atoms with Crippen molar-refractivity contribution >= 4 is 22.8 Å². The molecule has 1 aromatic heterocycles. The number of aromatic nitrogens is 2. The van der Waals surface area contributed by atoms with Crippen LogP contribution in [-0.4, -0.2) is 57.9 Å². The highest BCUT2D eigenvalue weighted by Crippen LogP contribution is 2.18. The third-order valence-corrected chi connectivity index (χ3v) is 3.59. The molecule has 1 amide bonds. The van der Waals surface area contributed by atoms with Crippen LogP contribution < -0.4 is 0 Å². The van der Waals surface area contributed by atoms with E-state index in [0.717, 1.165) is 10.9 Å². The fraction of sp³-hybridized carbons (Fsp3) is 0.357. The van der Waals surface area contributed by atoms with Crippen LogP contribution in [0, 0.1) is 0 Å². The van der Waals surface area contributed by atoms with Gasteiger partial charge in [-0.3, -0.25) is 14.7 Å². The lowest BCUT2D eigenvalue weighted by molar-refractivity contribution is -0.139. The van der Waals surface area contributed by atoms with E-state index in [4.69, 9.17) is 9.84 Å². The first-order chi connectivity index (χ1) is 10.1. The minimum absolute atomic E-state index is 0.111. The molecule has 0 saturated carbocycles. The number of amides is 1. The van der Waals surface area contributed by atoms with Crippen LogP contribution in [0.2, 0.25) is 0 Å². The quantitative estimate of drug-likeness (QED) is 0.874. The number of carbonyl (C=O) groups is 2. The van der Waals surface area contributed by atoms with Gasteiger partial charge in [0.25, 0.3) is 5.91 Å². The standard InChI is InChI=1S/C14H15N3O4/c18-13(19)6-11-8-21-4-3-17(11)14(20)9-1-2-12-10(5-9)7-15-16-12/h1-2,5,7,11H,3-4,6,8H2,(H,15,16)(H,18,19). The second-order valence-electron chi connectivity index (χ2n) is 5.00. The van der Waals surface area contributed by atoms with Crippen LogP contribution in [-0.2, 0) is 9.53 Å². The van der Waals surface area contributed by atoms with Crippen molar-refractivity contribution in [1.82, 2.24) is 15.1 Å². The number of morpholine rings is 1. The maximum absolute atomic E-state index is 12.6. The van der Waals surface area contributed by atoms with Crippen molar-refractivity contribution in [3.8, 4) is 0 Å². The number of aliphatic carboxylic acids is 1. The van der Waals surface area contributed by atoms with Gasteiger partial charge in [0.1, 0.15) is 0 Å². The van der Waals surface area contributed by atoms with E-state index in [2.05, 4.69) is 10.2 Å². The first kappa shape index (κ1) is 13.6. The van der Waals surface area contributed by atoms with Crippen LogP contribution in [0.1, 0.15) is 16.8 Å². The molecule has 3 rings (SSSR count). The number of H-pyrrole nitrogens is 1. The molecule has 2 N–H and O–H groups in total. The van der Waals surface area contributed by atoms with Crippen LogP contribution in [0.3, 0.4) is 0 Å². The average molecular weight is 289 g/mol. The molecule has 7 heteroatoms. The molecule has 110 valence electrons. The Morgan fingerprint density at radius 2 is 2.33 bits per heavy atom. The lowest BCUT2D eigenvalue weighted by Crippen LogP contribution is -2.49. The number of hydrogen-bond donors (Lipinski definition) is 2. The van der Waals surface area contributed by atoms with Crippen molar-refractivity contribution in [3.63, 3.8) is 0 Å². The zero-order chi connectivity index (χ0) is 14.8. The van der Waals surface area contributed by atoms with Gasteiger partial charge in [-0.2, -0.15) is 5.10 Å². The fourth-order valence-corrected chi connectivity index (χ4v) is 2.53. The minimum atomic E-state index is -0.936. The van der Waals surface area contributed by atoms with E-state index < -0.39 is 12.0 Å².